The molecule has 7 unspecified atom stereocenters. The molecule has 9 heteroatoms. The minimum absolute atomic E-state index is 0.176. The average molecular weight is 1040 g/mol. The van der Waals surface area contributed by atoms with Crippen LogP contribution in [0.25, 0.3) is 0 Å². The molecule has 9 nitrogen and oxygen atoms in total. The SMILES string of the molecule is CCCCCCC/C=C\C/C=C\C/C=C\CCCCCCCCCCCCCCC(=O)NC(COC1OC(CO)C(O)C(O)C1O)C(O)/C=C/CCCCCCCCCCCCCCCCCCCCCCCC. The number of carbonyl (C=O) groups excluding carboxylic acids is 1. The Hall–Kier alpha value is -1.85. The van der Waals surface area contributed by atoms with Crippen molar-refractivity contribution < 1.29 is 39.8 Å². The van der Waals surface area contributed by atoms with Crippen molar-refractivity contribution in [3.63, 3.8) is 0 Å². The molecule has 0 spiro atoms. The van der Waals surface area contributed by atoms with Gasteiger partial charge in [-0.1, -0.05) is 287 Å². The van der Waals surface area contributed by atoms with E-state index in [9.17, 15) is 30.3 Å². The summed E-state index contributed by atoms with van der Waals surface area (Å²) in [5.74, 6) is -0.176. The lowest BCUT2D eigenvalue weighted by atomic mass is 9.99. The fraction of sp³-hybridized carbons (Fsp3) is 0.862. The highest BCUT2D eigenvalue weighted by Gasteiger charge is 2.44. The minimum Gasteiger partial charge on any atom is -0.394 e. The van der Waals surface area contributed by atoms with Gasteiger partial charge in [0.1, 0.15) is 24.4 Å². The van der Waals surface area contributed by atoms with E-state index in [0.29, 0.717) is 6.42 Å². The number of hydrogen-bond acceptors (Lipinski definition) is 8. The van der Waals surface area contributed by atoms with Crippen LogP contribution in [0.4, 0.5) is 0 Å². The molecule has 1 amide bonds. The Bertz CT molecular complexity index is 1300. The van der Waals surface area contributed by atoms with Gasteiger partial charge in [-0.05, 0) is 57.8 Å². The van der Waals surface area contributed by atoms with Crippen LogP contribution in [0.3, 0.4) is 0 Å². The summed E-state index contributed by atoms with van der Waals surface area (Å²) in [5.41, 5.74) is 0. The van der Waals surface area contributed by atoms with Crippen LogP contribution in [0.1, 0.15) is 303 Å². The fourth-order valence-electron chi connectivity index (χ4n) is 10.1. The van der Waals surface area contributed by atoms with E-state index in [1.807, 2.05) is 6.08 Å². The molecule has 0 aromatic heterocycles. The van der Waals surface area contributed by atoms with Gasteiger partial charge in [0.25, 0.3) is 0 Å². The molecule has 1 aliphatic heterocycles. The van der Waals surface area contributed by atoms with Crippen LogP contribution in [0.5, 0.6) is 0 Å². The maximum absolute atomic E-state index is 13.1. The van der Waals surface area contributed by atoms with Crippen molar-refractivity contribution in [2.45, 2.75) is 346 Å². The third-order valence-electron chi connectivity index (χ3n) is 15.1. The van der Waals surface area contributed by atoms with E-state index < -0.39 is 49.5 Å². The molecule has 0 aliphatic carbocycles. The predicted molar refractivity (Wildman–Crippen MR) is 313 cm³/mol. The summed E-state index contributed by atoms with van der Waals surface area (Å²) in [6.45, 7) is 3.80. The van der Waals surface area contributed by atoms with E-state index in [1.165, 1.54) is 231 Å². The van der Waals surface area contributed by atoms with Crippen LogP contribution in [0.2, 0.25) is 0 Å². The van der Waals surface area contributed by atoms with Crippen molar-refractivity contribution >= 4 is 5.91 Å². The van der Waals surface area contributed by atoms with Gasteiger partial charge in [-0.15, -0.1) is 0 Å². The zero-order chi connectivity index (χ0) is 53.6. The van der Waals surface area contributed by atoms with E-state index >= 15 is 0 Å². The Morgan fingerprint density at radius 2 is 0.797 bits per heavy atom. The van der Waals surface area contributed by atoms with Gasteiger partial charge in [-0.2, -0.15) is 0 Å². The van der Waals surface area contributed by atoms with Gasteiger partial charge >= 0.3 is 0 Å². The number of aliphatic hydroxyl groups excluding tert-OH is 5. The van der Waals surface area contributed by atoms with Gasteiger partial charge < -0.3 is 40.3 Å². The molecule has 74 heavy (non-hydrogen) atoms. The van der Waals surface area contributed by atoms with Crippen molar-refractivity contribution in [1.82, 2.24) is 5.32 Å². The lowest BCUT2D eigenvalue weighted by Crippen LogP contribution is -2.60. The van der Waals surface area contributed by atoms with Gasteiger partial charge in [0.15, 0.2) is 6.29 Å². The first-order valence-corrected chi connectivity index (χ1v) is 31.9. The van der Waals surface area contributed by atoms with Crippen molar-refractivity contribution in [3.05, 3.63) is 48.6 Å². The maximum atomic E-state index is 13.1. The van der Waals surface area contributed by atoms with Crippen LogP contribution < -0.4 is 5.32 Å². The highest BCUT2D eigenvalue weighted by atomic mass is 16.7. The average Bonchev–Trinajstić information content (AvgIpc) is 3.40. The number of unbranched alkanes of at least 4 members (excludes halogenated alkanes) is 39. The van der Waals surface area contributed by atoms with Gasteiger partial charge in [0.2, 0.25) is 5.91 Å². The van der Waals surface area contributed by atoms with E-state index in [2.05, 4.69) is 55.6 Å². The monoisotopic (exact) mass is 1040 g/mol. The molecule has 1 saturated heterocycles. The first kappa shape index (κ1) is 70.2. The van der Waals surface area contributed by atoms with E-state index in [1.54, 1.807) is 6.08 Å². The number of amides is 1. The van der Waals surface area contributed by atoms with Crippen LogP contribution in [0, 0.1) is 0 Å². The summed E-state index contributed by atoms with van der Waals surface area (Å²) < 4.78 is 11.3. The molecule has 0 bridgehead atoms. The Morgan fingerprint density at radius 3 is 1.18 bits per heavy atom. The summed E-state index contributed by atoms with van der Waals surface area (Å²) >= 11 is 0. The quantitative estimate of drug-likeness (QED) is 0.0261. The Balaban J connectivity index is 2.19. The summed E-state index contributed by atoms with van der Waals surface area (Å²) in [7, 11) is 0. The Morgan fingerprint density at radius 1 is 0.459 bits per heavy atom. The summed E-state index contributed by atoms with van der Waals surface area (Å²) in [4.78, 5) is 13.1. The van der Waals surface area contributed by atoms with Crippen molar-refractivity contribution in [2.75, 3.05) is 13.2 Å². The lowest BCUT2D eigenvalue weighted by molar-refractivity contribution is -0.302. The van der Waals surface area contributed by atoms with E-state index in [-0.39, 0.29) is 12.5 Å². The molecular formula is C65H121NO8. The minimum atomic E-state index is -1.57. The third-order valence-corrected chi connectivity index (χ3v) is 15.1. The van der Waals surface area contributed by atoms with E-state index in [0.717, 1.165) is 51.4 Å². The molecule has 0 radical (unpaired) electrons. The predicted octanol–water partition coefficient (Wildman–Crippen LogP) is 16.5. The van der Waals surface area contributed by atoms with Crippen LogP contribution in [-0.4, -0.2) is 87.5 Å². The normalized spacial score (nSPS) is 19.3. The van der Waals surface area contributed by atoms with Gasteiger partial charge in [-0.25, -0.2) is 0 Å². The summed E-state index contributed by atoms with van der Waals surface area (Å²) in [6, 6.07) is -0.808. The van der Waals surface area contributed by atoms with Gasteiger partial charge in [0.05, 0.1) is 25.4 Å². The fourth-order valence-corrected chi connectivity index (χ4v) is 10.1. The molecule has 0 aromatic rings. The highest BCUT2D eigenvalue weighted by molar-refractivity contribution is 5.76. The van der Waals surface area contributed by atoms with Crippen molar-refractivity contribution in [1.29, 1.82) is 0 Å². The number of aliphatic hydroxyl groups is 5. The van der Waals surface area contributed by atoms with Gasteiger partial charge in [0, 0.05) is 6.42 Å². The maximum Gasteiger partial charge on any atom is 0.220 e. The molecule has 1 aliphatic rings. The molecule has 434 valence electrons. The topological polar surface area (TPSA) is 149 Å². The lowest BCUT2D eigenvalue weighted by Gasteiger charge is -2.40. The molecule has 6 N–H and O–H groups in total. The zero-order valence-electron chi connectivity index (χ0n) is 48.4. The van der Waals surface area contributed by atoms with Gasteiger partial charge in [-0.3, -0.25) is 4.79 Å². The number of hydrogen-bond donors (Lipinski definition) is 6. The van der Waals surface area contributed by atoms with Crippen molar-refractivity contribution in [2.24, 2.45) is 0 Å². The Kier molecular flexibility index (Phi) is 51.7. The number of allylic oxidation sites excluding steroid dienone is 7. The molecule has 1 heterocycles. The van der Waals surface area contributed by atoms with Crippen LogP contribution >= 0.6 is 0 Å². The van der Waals surface area contributed by atoms with Crippen molar-refractivity contribution in [3.8, 4) is 0 Å². The largest absolute Gasteiger partial charge is 0.394 e. The molecule has 0 saturated carbocycles. The molecule has 1 rings (SSSR count). The van der Waals surface area contributed by atoms with Crippen LogP contribution in [-0.2, 0) is 14.3 Å². The third kappa shape index (κ3) is 43.2. The second-order valence-electron chi connectivity index (χ2n) is 22.2. The molecule has 0 aromatic carbocycles. The first-order valence-electron chi connectivity index (χ1n) is 31.9. The summed E-state index contributed by atoms with van der Waals surface area (Å²) in [6.07, 6.45) is 66.1. The van der Waals surface area contributed by atoms with E-state index in [4.69, 9.17) is 9.47 Å². The zero-order valence-corrected chi connectivity index (χ0v) is 48.4. The molecule has 7 atom stereocenters. The summed E-state index contributed by atoms with van der Waals surface area (Å²) in [5, 5.41) is 54.7. The first-order chi connectivity index (χ1) is 36.3. The second-order valence-corrected chi connectivity index (χ2v) is 22.2. The highest BCUT2D eigenvalue weighted by Crippen LogP contribution is 2.23. The number of carbonyl (C=O) groups is 1. The second kappa shape index (κ2) is 54.5. The number of ether oxygens (including phenoxy) is 2. The Labute approximate surface area is 456 Å². The van der Waals surface area contributed by atoms with Crippen LogP contribution in [0.15, 0.2) is 48.6 Å². The molecule has 1 fully saturated rings. The smallest absolute Gasteiger partial charge is 0.220 e. The standard InChI is InChI=1S/C65H121NO8/c1-3-5-7-9-11-13-15-17-19-21-23-25-27-29-30-31-33-35-37-39-41-43-45-47-49-51-53-55-61(69)66-58(57-73-65-64(72)63(71)62(70)60(56-67)74-65)59(68)54-52-50-48-46-44-42-40-38-36-34-32-28-26-24-22-20-18-16-14-12-10-8-6-4-2/h15,17,21,23,27,29,52,54,58-60,62-65,67-68,70-72H,3-14,16,18-20,22,24-26,28,30-51,53,55-57H2,1-2H3,(H,66,69)/b17-15-,23-21-,29-27-,54-52+. The number of rotatable bonds is 55. The molecular weight excluding hydrogens is 923 g/mol. The number of nitrogens with one attached hydrogen (secondary N) is 1.